The van der Waals surface area contributed by atoms with E-state index in [1.165, 1.54) is 0 Å². The van der Waals surface area contributed by atoms with Crippen LogP contribution in [0.3, 0.4) is 0 Å². The lowest BCUT2D eigenvalue weighted by Gasteiger charge is -2.03. The highest BCUT2D eigenvalue weighted by Gasteiger charge is 2.07. The normalized spacial score (nSPS) is 12.2. The molecule has 0 bridgehead atoms. The van der Waals surface area contributed by atoms with Gasteiger partial charge in [0.15, 0.2) is 0 Å². The number of hydrogen-bond acceptors (Lipinski definition) is 2. The minimum absolute atomic E-state index is 0.354. The third-order valence-corrected chi connectivity index (χ3v) is 2.00. The standard InChI is InChI=1S/C15H16O2/c1-3-5-10-13(9-4-2)15(16)17-14-11-7-6-8-12-14/h3-12H,1-2H3/b5-3-,9-4-,13-10+. The highest BCUT2D eigenvalue weighted by Crippen LogP contribution is 2.11. The van der Waals surface area contributed by atoms with Crippen LogP contribution in [0.4, 0.5) is 0 Å². The highest BCUT2D eigenvalue weighted by molar-refractivity contribution is 5.93. The van der Waals surface area contributed by atoms with Crippen LogP contribution in [0.15, 0.2) is 66.3 Å². The van der Waals surface area contributed by atoms with Gasteiger partial charge in [0.2, 0.25) is 0 Å². The SMILES string of the molecule is C\C=C/C=C(\C=C/C)C(=O)Oc1ccccc1. The maximum Gasteiger partial charge on any atom is 0.343 e. The Labute approximate surface area is 102 Å². The molecule has 17 heavy (non-hydrogen) atoms. The van der Waals surface area contributed by atoms with E-state index in [2.05, 4.69) is 0 Å². The number of hydrogen-bond donors (Lipinski definition) is 0. The summed E-state index contributed by atoms with van der Waals surface area (Å²) in [7, 11) is 0. The van der Waals surface area contributed by atoms with Crippen molar-refractivity contribution in [3.05, 3.63) is 66.3 Å². The minimum atomic E-state index is -0.354. The number of ether oxygens (including phenoxy) is 1. The predicted molar refractivity (Wildman–Crippen MR) is 69.8 cm³/mol. The summed E-state index contributed by atoms with van der Waals surface area (Å²) in [6.07, 6.45) is 8.93. The number of allylic oxidation sites excluding steroid dienone is 4. The minimum Gasteiger partial charge on any atom is -0.423 e. The van der Waals surface area contributed by atoms with Gasteiger partial charge in [0.25, 0.3) is 0 Å². The number of carbonyl (C=O) groups excluding carboxylic acids is 1. The van der Waals surface area contributed by atoms with Crippen LogP contribution in [0, 0.1) is 0 Å². The zero-order valence-electron chi connectivity index (χ0n) is 10.1. The first-order valence-corrected chi connectivity index (χ1v) is 5.51. The number of carbonyl (C=O) groups is 1. The van der Waals surface area contributed by atoms with Crippen molar-refractivity contribution < 1.29 is 9.53 Å². The van der Waals surface area contributed by atoms with Crippen molar-refractivity contribution in [2.75, 3.05) is 0 Å². The molecule has 0 aromatic heterocycles. The van der Waals surface area contributed by atoms with Gasteiger partial charge in [0.05, 0.1) is 5.57 Å². The van der Waals surface area contributed by atoms with Crippen molar-refractivity contribution in [3.63, 3.8) is 0 Å². The number of esters is 1. The summed E-state index contributed by atoms with van der Waals surface area (Å²) in [5.74, 6) is 0.195. The molecule has 0 saturated heterocycles. The second kappa shape index (κ2) is 7.23. The fraction of sp³-hybridized carbons (Fsp3) is 0.133. The predicted octanol–water partition coefficient (Wildman–Crippen LogP) is 3.67. The Kier molecular flexibility index (Phi) is 5.52. The van der Waals surface area contributed by atoms with Gasteiger partial charge in [-0.05, 0) is 32.1 Å². The lowest BCUT2D eigenvalue weighted by molar-refractivity contribution is -0.129. The first-order valence-electron chi connectivity index (χ1n) is 5.51. The summed E-state index contributed by atoms with van der Waals surface area (Å²) in [6, 6.07) is 9.03. The van der Waals surface area contributed by atoms with Gasteiger partial charge in [0, 0.05) is 0 Å². The number of benzene rings is 1. The molecule has 0 spiro atoms. The average molecular weight is 228 g/mol. The lowest BCUT2D eigenvalue weighted by atomic mass is 10.2. The van der Waals surface area contributed by atoms with Crippen LogP contribution in [0.5, 0.6) is 5.75 Å². The Hall–Kier alpha value is -2.09. The fourth-order valence-corrected chi connectivity index (χ4v) is 1.23. The van der Waals surface area contributed by atoms with Crippen molar-refractivity contribution in [3.8, 4) is 5.75 Å². The van der Waals surface area contributed by atoms with E-state index in [1.54, 1.807) is 24.3 Å². The summed E-state index contributed by atoms with van der Waals surface area (Å²) >= 11 is 0. The smallest absolute Gasteiger partial charge is 0.343 e. The molecule has 88 valence electrons. The zero-order chi connectivity index (χ0) is 12.5. The molecule has 1 aromatic carbocycles. The van der Waals surface area contributed by atoms with E-state index in [-0.39, 0.29) is 5.97 Å². The summed E-state index contributed by atoms with van der Waals surface area (Å²) < 4.78 is 5.23. The summed E-state index contributed by atoms with van der Waals surface area (Å²) in [5.41, 5.74) is 0.523. The van der Waals surface area contributed by atoms with Crippen LogP contribution >= 0.6 is 0 Å². The Balaban J connectivity index is 2.80. The topological polar surface area (TPSA) is 26.3 Å². The van der Waals surface area contributed by atoms with Crippen molar-refractivity contribution in [2.24, 2.45) is 0 Å². The maximum atomic E-state index is 11.8. The fourth-order valence-electron chi connectivity index (χ4n) is 1.23. The first-order chi connectivity index (χ1) is 8.27. The van der Waals surface area contributed by atoms with Gasteiger partial charge in [-0.15, -0.1) is 0 Å². The van der Waals surface area contributed by atoms with Gasteiger partial charge < -0.3 is 4.74 Å². The van der Waals surface area contributed by atoms with Crippen molar-refractivity contribution in [1.82, 2.24) is 0 Å². The van der Waals surface area contributed by atoms with E-state index in [0.29, 0.717) is 11.3 Å². The van der Waals surface area contributed by atoms with Gasteiger partial charge in [0.1, 0.15) is 5.75 Å². The maximum absolute atomic E-state index is 11.8. The Morgan fingerprint density at radius 1 is 1.12 bits per heavy atom. The van der Waals surface area contributed by atoms with E-state index in [4.69, 9.17) is 4.74 Å². The molecule has 1 aromatic rings. The Morgan fingerprint density at radius 3 is 2.41 bits per heavy atom. The molecule has 0 aliphatic carbocycles. The molecule has 0 atom stereocenters. The lowest BCUT2D eigenvalue weighted by Crippen LogP contribution is -2.09. The average Bonchev–Trinajstić information content (AvgIpc) is 2.35. The monoisotopic (exact) mass is 228 g/mol. The van der Waals surface area contributed by atoms with Gasteiger partial charge in [-0.25, -0.2) is 4.79 Å². The van der Waals surface area contributed by atoms with E-state index in [9.17, 15) is 4.79 Å². The molecule has 0 aliphatic heterocycles. The third kappa shape index (κ3) is 4.51. The quantitative estimate of drug-likeness (QED) is 0.340. The van der Waals surface area contributed by atoms with E-state index >= 15 is 0 Å². The summed E-state index contributed by atoms with van der Waals surface area (Å²) in [5, 5.41) is 0. The number of rotatable bonds is 4. The Morgan fingerprint density at radius 2 is 1.82 bits per heavy atom. The zero-order valence-corrected chi connectivity index (χ0v) is 10.1. The molecule has 1 rings (SSSR count). The first kappa shape index (κ1) is 13.0. The van der Waals surface area contributed by atoms with Gasteiger partial charge >= 0.3 is 5.97 Å². The highest BCUT2D eigenvalue weighted by atomic mass is 16.5. The van der Waals surface area contributed by atoms with Crippen molar-refractivity contribution in [2.45, 2.75) is 13.8 Å². The molecule has 0 unspecified atom stereocenters. The molecule has 2 heteroatoms. The van der Waals surface area contributed by atoms with Crippen LogP contribution in [-0.2, 0) is 4.79 Å². The third-order valence-electron chi connectivity index (χ3n) is 2.00. The molecule has 0 aliphatic rings. The molecule has 0 saturated carbocycles. The largest absolute Gasteiger partial charge is 0.423 e. The van der Waals surface area contributed by atoms with Crippen LogP contribution in [0.1, 0.15) is 13.8 Å². The molecule has 0 heterocycles. The van der Waals surface area contributed by atoms with Gasteiger partial charge in [-0.1, -0.05) is 42.5 Å². The van der Waals surface area contributed by atoms with Crippen LogP contribution in [-0.4, -0.2) is 5.97 Å². The summed E-state index contributed by atoms with van der Waals surface area (Å²) in [4.78, 5) is 11.8. The molecule has 0 fully saturated rings. The summed E-state index contributed by atoms with van der Waals surface area (Å²) in [6.45, 7) is 3.76. The molecular formula is C15H16O2. The molecule has 2 nitrogen and oxygen atoms in total. The second-order valence-corrected chi connectivity index (χ2v) is 3.35. The number of para-hydroxylation sites is 1. The van der Waals surface area contributed by atoms with E-state index in [0.717, 1.165) is 0 Å². The van der Waals surface area contributed by atoms with Crippen LogP contribution in [0.2, 0.25) is 0 Å². The van der Waals surface area contributed by atoms with Crippen molar-refractivity contribution >= 4 is 5.97 Å². The van der Waals surface area contributed by atoms with Gasteiger partial charge in [-0.3, -0.25) is 0 Å². The van der Waals surface area contributed by atoms with Gasteiger partial charge in [-0.2, -0.15) is 0 Å². The second-order valence-electron chi connectivity index (χ2n) is 3.35. The Bertz CT molecular complexity index is 439. The van der Waals surface area contributed by atoms with Crippen LogP contribution < -0.4 is 4.74 Å². The molecule has 0 radical (unpaired) electrons. The van der Waals surface area contributed by atoms with Crippen LogP contribution in [0.25, 0.3) is 0 Å². The molecule has 0 amide bonds. The molecular weight excluding hydrogens is 212 g/mol. The van der Waals surface area contributed by atoms with E-state index in [1.807, 2.05) is 50.3 Å². The van der Waals surface area contributed by atoms with Crippen molar-refractivity contribution in [1.29, 1.82) is 0 Å². The molecule has 0 N–H and O–H groups in total. The van der Waals surface area contributed by atoms with E-state index < -0.39 is 0 Å².